The molecular weight excluding hydrogens is 260 g/mol. The molecule has 1 amide bonds. The zero-order valence-corrected chi connectivity index (χ0v) is 12.3. The summed E-state index contributed by atoms with van der Waals surface area (Å²) >= 11 is 1.27. The van der Waals surface area contributed by atoms with E-state index in [1.807, 2.05) is 0 Å². The number of carbonyl (C=O) groups excluding carboxylic acids is 1. The summed E-state index contributed by atoms with van der Waals surface area (Å²) in [6.45, 7) is 2.31. The normalized spacial score (nSPS) is 23.7. The number of aromatic nitrogens is 1. The predicted molar refractivity (Wildman–Crippen MR) is 79.6 cm³/mol. The van der Waals surface area contributed by atoms with Gasteiger partial charge in [0.25, 0.3) is 5.91 Å². The van der Waals surface area contributed by atoms with Crippen molar-refractivity contribution in [2.75, 3.05) is 18.1 Å². The van der Waals surface area contributed by atoms with E-state index < -0.39 is 0 Å². The number of nitrogens with one attached hydrogen (secondary N) is 2. The van der Waals surface area contributed by atoms with E-state index in [9.17, 15) is 4.79 Å². The van der Waals surface area contributed by atoms with Gasteiger partial charge in [0.05, 0.1) is 0 Å². The lowest BCUT2D eigenvalue weighted by atomic mass is 10.0. The lowest BCUT2D eigenvalue weighted by Crippen LogP contribution is -2.23. The topological polar surface area (TPSA) is 80.0 Å². The first kappa shape index (κ1) is 14.1. The maximum atomic E-state index is 11.8. The minimum atomic E-state index is -0.171. The second kappa shape index (κ2) is 6.23. The molecule has 0 aliphatic heterocycles. The Hall–Kier alpha value is -1.30. The van der Waals surface area contributed by atoms with E-state index in [-0.39, 0.29) is 5.91 Å². The van der Waals surface area contributed by atoms with Crippen molar-refractivity contribution < 1.29 is 4.79 Å². The molecule has 1 aliphatic carbocycles. The molecule has 1 fully saturated rings. The van der Waals surface area contributed by atoms with Gasteiger partial charge in [-0.3, -0.25) is 4.79 Å². The maximum absolute atomic E-state index is 11.8. The van der Waals surface area contributed by atoms with Crippen molar-refractivity contribution in [3.63, 3.8) is 0 Å². The molecule has 2 rings (SSSR count). The van der Waals surface area contributed by atoms with Crippen LogP contribution in [0, 0.1) is 5.92 Å². The first-order valence-electron chi connectivity index (χ1n) is 6.85. The van der Waals surface area contributed by atoms with Crippen LogP contribution in [-0.2, 0) is 0 Å². The standard InChI is InChI=1S/C13H22N4OS/c1-8-4-3-5-9(7-6-8)16-13-10(12(18)15-2)11(14)17-19-13/h8-9,16H,3-7H2,1-2H3,(H2,14,17)(H,15,18). The molecule has 1 aromatic rings. The molecule has 2 unspecified atom stereocenters. The van der Waals surface area contributed by atoms with E-state index in [4.69, 9.17) is 5.73 Å². The number of carbonyl (C=O) groups is 1. The predicted octanol–water partition coefficient (Wildman–Crippen LogP) is 2.47. The number of rotatable bonds is 3. The fourth-order valence-corrected chi connectivity index (χ4v) is 3.35. The van der Waals surface area contributed by atoms with E-state index >= 15 is 0 Å². The van der Waals surface area contributed by atoms with Crippen molar-refractivity contribution in [2.45, 2.75) is 45.1 Å². The average molecular weight is 282 g/mol. The molecule has 4 N–H and O–H groups in total. The Kier molecular flexibility index (Phi) is 4.63. The molecule has 6 heteroatoms. The molecule has 1 saturated carbocycles. The first-order chi connectivity index (χ1) is 9.11. The second-order valence-electron chi connectivity index (χ2n) is 5.31. The number of anilines is 2. The highest BCUT2D eigenvalue weighted by Gasteiger charge is 2.22. The van der Waals surface area contributed by atoms with Gasteiger partial charge in [-0.1, -0.05) is 19.8 Å². The number of nitrogens with zero attached hydrogens (tertiary/aromatic N) is 1. The molecule has 0 radical (unpaired) electrons. The zero-order valence-electron chi connectivity index (χ0n) is 11.5. The van der Waals surface area contributed by atoms with Crippen LogP contribution in [-0.4, -0.2) is 23.4 Å². The Morgan fingerprint density at radius 3 is 2.89 bits per heavy atom. The van der Waals surface area contributed by atoms with Crippen LogP contribution < -0.4 is 16.4 Å². The Morgan fingerprint density at radius 2 is 2.16 bits per heavy atom. The van der Waals surface area contributed by atoms with Gasteiger partial charge < -0.3 is 16.4 Å². The van der Waals surface area contributed by atoms with Gasteiger partial charge in [-0.05, 0) is 36.7 Å². The summed E-state index contributed by atoms with van der Waals surface area (Å²) in [5, 5.41) is 6.88. The number of nitrogen functional groups attached to an aromatic ring is 1. The van der Waals surface area contributed by atoms with Crippen LogP contribution >= 0.6 is 11.5 Å². The van der Waals surface area contributed by atoms with Crippen molar-refractivity contribution in [3.05, 3.63) is 5.56 Å². The summed E-state index contributed by atoms with van der Waals surface area (Å²) in [4.78, 5) is 11.8. The number of hydrogen-bond donors (Lipinski definition) is 3. The van der Waals surface area contributed by atoms with Crippen LogP contribution in [0.15, 0.2) is 0 Å². The van der Waals surface area contributed by atoms with Crippen molar-refractivity contribution in [1.82, 2.24) is 9.69 Å². The van der Waals surface area contributed by atoms with Crippen LogP contribution in [0.25, 0.3) is 0 Å². The van der Waals surface area contributed by atoms with Gasteiger partial charge in [0.15, 0.2) is 5.82 Å². The highest BCUT2D eigenvalue weighted by molar-refractivity contribution is 7.11. The monoisotopic (exact) mass is 282 g/mol. The molecule has 1 aliphatic rings. The SMILES string of the molecule is CNC(=O)c1c(N)nsc1NC1CCCC(C)CC1. The summed E-state index contributed by atoms with van der Waals surface area (Å²) in [7, 11) is 1.61. The van der Waals surface area contributed by atoms with Crippen molar-refractivity contribution >= 4 is 28.3 Å². The highest BCUT2D eigenvalue weighted by Crippen LogP contribution is 2.30. The van der Waals surface area contributed by atoms with E-state index in [0.717, 1.165) is 23.8 Å². The van der Waals surface area contributed by atoms with E-state index in [0.29, 0.717) is 17.4 Å². The lowest BCUT2D eigenvalue weighted by Gasteiger charge is -2.17. The molecule has 0 aromatic carbocycles. The van der Waals surface area contributed by atoms with Gasteiger partial charge in [0, 0.05) is 13.1 Å². The number of nitrogens with two attached hydrogens (primary N) is 1. The summed E-state index contributed by atoms with van der Waals surface area (Å²) in [6.07, 6.45) is 6.07. The maximum Gasteiger partial charge on any atom is 0.257 e. The molecule has 19 heavy (non-hydrogen) atoms. The molecule has 1 heterocycles. The molecule has 1 aromatic heterocycles. The fraction of sp³-hybridized carbons (Fsp3) is 0.692. The van der Waals surface area contributed by atoms with Gasteiger partial charge in [-0.15, -0.1) is 0 Å². The molecule has 0 bridgehead atoms. The van der Waals surface area contributed by atoms with E-state index in [1.54, 1.807) is 7.05 Å². The minimum Gasteiger partial charge on any atom is -0.382 e. The summed E-state index contributed by atoms with van der Waals surface area (Å²) in [6, 6.07) is 0.424. The van der Waals surface area contributed by atoms with Gasteiger partial charge in [-0.25, -0.2) is 0 Å². The van der Waals surface area contributed by atoms with Gasteiger partial charge >= 0.3 is 0 Å². The third-order valence-electron chi connectivity index (χ3n) is 3.77. The average Bonchev–Trinajstić information content (AvgIpc) is 2.62. The molecule has 0 spiro atoms. The Balaban J connectivity index is 2.08. The lowest BCUT2D eigenvalue weighted by molar-refractivity contribution is 0.0965. The summed E-state index contributed by atoms with van der Waals surface area (Å²) < 4.78 is 4.09. The molecule has 2 atom stereocenters. The third-order valence-corrected chi connectivity index (χ3v) is 4.56. The van der Waals surface area contributed by atoms with Crippen LogP contribution in [0.4, 0.5) is 10.8 Å². The molecule has 5 nitrogen and oxygen atoms in total. The Bertz CT molecular complexity index is 446. The molecular formula is C13H22N4OS. The van der Waals surface area contributed by atoms with Gasteiger partial charge in [0.2, 0.25) is 0 Å². The van der Waals surface area contributed by atoms with Crippen LogP contribution in [0.2, 0.25) is 0 Å². The van der Waals surface area contributed by atoms with E-state index in [2.05, 4.69) is 21.9 Å². The largest absolute Gasteiger partial charge is 0.382 e. The Labute approximate surface area is 118 Å². The van der Waals surface area contributed by atoms with E-state index in [1.165, 1.54) is 30.8 Å². The van der Waals surface area contributed by atoms with Gasteiger partial charge in [0.1, 0.15) is 10.6 Å². The minimum absolute atomic E-state index is 0.171. The summed E-state index contributed by atoms with van der Waals surface area (Å²) in [5.74, 6) is 0.946. The Morgan fingerprint density at radius 1 is 1.37 bits per heavy atom. The molecule has 106 valence electrons. The van der Waals surface area contributed by atoms with Crippen molar-refractivity contribution in [3.8, 4) is 0 Å². The van der Waals surface area contributed by atoms with Crippen molar-refractivity contribution in [2.24, 2.45) is 5.92 Å². The quantitative estimate of drug-likeness (QED) is 0.744. The first-order valence-corrected chi connectivity index (χ1v) is 7.63. The smallest absolute Gasteiger partial charge is 0.257 e. The van der Waals surface area contributed by atoms with Crippen molar-refractivity contribution in [1.29, 1.82) is 0 Å². The highest BCUT2D eigenvalue weighted by atomic mass is 32.1. The second-order valence-corrected chi connectivity index (χ2v) is 6.08. The number of amides is 1. The molecule has 0 saturated heterocycles. The van der Waals surface area contributed by atoms with Crippen LogP contribution in [0.1, 0.15) is 49.4 Å². The van der Waals surface area contributed by atoms with Crippen LogP contribution in [0.5, 0.6) is 0 Å². The zero-order chi connectivity index (χ0) is 13.8. The third kappa shape index (κ3) is 3.37. The van der Waals surface area contributed by atoms with Gasteiger partial charge in [-0.2, -0.15) is 4.37 Å². The number of hydrogen-bond acceptors (Lipinski definition) is 5. The fourth-order valence-electron chi connectivity index (χ4n) is 2.56. The van der Waals surface area contributed by atoms with Crippen LogP contribution in [0.3, 0.4) is 0 Å². The summed E-state index contributed by atoms with van der Waals surface area (Å²) in [5.41, 5.74) is 6.26.